The van der Waals surface area contributed by atoms with E-state index in [1.165, 1.54) is 0 Å². The lowest BCUT2D eigenvalue weighted by molar-refractivity contribution is -0.188. The highest BCUT2D eigenvalue weighted by molar-refractivity contribution is 6.04. The average Bonchev–Trinajstić information content (AvgIpc) is 3.53. The fourth-order valence-corrected chi connectivity index (χ4v) is 11.9. The predicted octanol–water partition coefficient (Wildman–Crippen LogP) is 5.75. The van der Waals surface area contributed by atoms with Crippen LogP contribution in [0, 0.1) is 61.6 Å². The van der Waals surface area contributed by atoms with E-state index in [-0.39, 0.29) is 81.5 Å². The molecule has 0 unspecified atom stereocenters. The molecule has 0 bridgehead atoms. The van der Waals surface area contributed by atoms with Crippen LogP contribution in [0.3, 0.4) is 0 Å². The minimum atomic E-state index is -0.661. The number of rotatable bonds is 3. The highest BCUT2D eigenvalue weighted by Gasteiger charge is 2.70. The van der Waals surface area contributed by atoms with Gasteiger partial charge >= 0.3 is 0 Å². The molecule has 0 aromatic heterocycles. The first-order valence-corrected chi connectivity index (χ1v) is 17.0. The number of aliphatic hydroxyl groups excluding tert-OH is 1. The molecule has 2 aliphatic heterocycles. The van der Waals surface area contributed by atoms with Crippen molar-refractivity contribution in [1.29, 1.82) is 5.26 Å². The molecule has 0 aromatic carbocycles. The first kappa shape index (κ1) is 30.8. The van der Waals surface area contributed by atoms with Crippen LogP contribution in [0.25, 0.3) is 0 Å². The van der Waals surface area contributed by atoms with Crippen molar-refractivity contribution >= 4 is 11.6 Å². The van der Waals surface area contributed by atoms with Gasteiger partial charge in [0.2, 0.25) is 0 Å². The van der Waals surface area contributed by atoms with Crippen molar-refractivity contribution < 1.29 is 28.9 Å². The monoisotopic (exact) mass is 605 g/mol. The smallest absolute Gasteiger partial charge is 0.178 e. The quantitative estimate of drug-likeness (QED) is 0.437. The topological polar surface area (TPSA) is 106 Å². The summed E-state index contributed by atoms with van der Waals surface area (Å²) >= 11 is 0. The van der Waals surface area contributed by atoms with Crippen LogP contribution in [0.4, 0.5) is 0 Å². The van der Waals surface area contributed by atoms with Gasteiger partial charge in [-0.2, -0.15) is 5.26 Å². The van der Waals surface area contributed by atoms with Gasteiger partial charge in [0.25, 0.3) is 0 Å². The Kier molecular flexibility index (Phi) is 6.71. The molecule has 7 heteroatoms. The zero-order chi connectivity index (χ0) is 31.7. The van der Waals surface area contributed by atoms with E-state index in [4.69, 9.17) is 14.2 Å². The van der Waals surface area contributed by atoms with Gasteiger partial charge in [0, 0.05) is 16.7 Å². The van der Waals surface area contributed by atoms with Crippen molar-refractivity contribution in [3.05, 3.63) is 23.3 Å². The van der Waals surface area contributed by atoms with Gasteiger partial charge in [-0.25, -0.2) is 0 Å². The predicted molar refractivity (Wildman–Crippen MR) is 164 cm³/mol. The molecule has 44 heavy (non-hydrogen) atoms. The largest absolute Gasteiger partial charge is 0.388 e. The Morgan fingerprint density at radius 2 is 1.68 bits per heavy atom. The van der Waals surface area contributed by atoms with E-state index in [0.29, 0.717) is 13.2 Å². The minimum absolute atomic E-state index is 0.0466. The molecule has 7 aliphatic rings. The summed E-state index contributed by atoms with van der Waals surface area (Å²) in [6.07, 6.45) is 9.48. The zero-order valence-electron chi connectivity index (χ0n) is 27.7. The lowest BCUT2D eigenvalue weighted by atomic mass is 9.34. The summed E-state index contributed by atoms with van der Waals surface area (Å²) in [6, 6.07) is 2.21. The second-order valence-electron chi connectivity index (χ2n) is 17.6. The zero-order valence-corrected chi connectivity index (χ0v) is 27.7. The van der Waals surface area contributed by atoms with Gasteiger partial charge in [-0.05, 0) is 84.5 Å². The van der Waals surface area contributed by atoms with Crippen molar-refractivity contribution in [1.82, 2.24) is 0 Å². The molecule has 240 valence electrons. The standard InChI is InChI=1S/C37H51NO6/c1-32(2)10-12-37(20-44-25-19-43-29-24(40)18-42-30(25)29)13-11-36(7)28(22(37)16-32)23(39)14-27-34(5)15-21(17-38)31(41)33(3,4)26(34)8-9-35(27,36)6/h14-15,22,24-26,28-30,40H,8-13,16,18-20H2,1-7H3/t22-,24+,25+,26-,28-,29+,30+,34-,35+,36+,37+/m0/s1. The normalized spacial score (nSPS) is 50.3. The van der Waals surface area contributed by atoms with Gasteiger partial charge in [-0.3, -0.25) is 9.59 Å². The Bertz CT molecular complexity index is 1390. The second kappa shape index (κ2) is 9.59. The molecular weight excluding hydrogens is 554 g/mol. The molecule has 0 spiro atoms. The number of nitriles is 1. The average molecular weight is 606 g/mol. The van der Waals surface area contributed by atoms with Gasteiger partial charge in [0.05, 0.1) is 25.4 Å². The second-order valence-corrected chi connectivity index (χ2v) is 17.6. The molecule has 7 nitrogen and oxygen atoms in total. The SMILES string of the molecule is CC1(C)CC[C@]2(CO[C@@H]3CO[C@H]4[C@@H]3OC[C@H]4O)CC[C@]3(C)[C@H](C(=O)C=C4[C@@]5(C)C=C(C#N)C(=O)C(C)(C)[C@@H]5CC[C@]43C)[C@@H]2C1. The number of nitrogens with zero attached hydrogens (tertiary/aromatic N) is 1. The van der Waals surface area contributed by atoms with Crippen LogP contribution in [0.1, 0.15) is 93.4 Å². The Morgan fingerprint density at radius 1 is 0.977 bits per heavy atom. The number of carbonyl (C=O) groups is 2. The van der Waals surface area contributed by atoms with E-state index >= 15 is 0 Å². The summed E-state index contributed by atoms with van der Waals surface area (Å²) in [5.41, 5.74) is -0.220. The number of hydrogen-bond donors (Lipinski definition) is 1. The molecule has 7 rings (SSSR count). The van der Waals surface area contributed by atoms with Gasteiger partial charge in [0.15, 0.2) is 11.6 Å². The van der Waals surface area contributed by atoms with E-state index in [0.717, 1.165) is 50.5 Å². The third kappa shape index (κ3) is 3.93. The van der Waals surface area contributed by atoms with Gasteiger partial charge in [-0.1, -0.05) is 60.1 Å². The summed E-state index contributed by atoms with van der Waals surface area (Å²) in [5.74, 6) is 0.289. The summed E-state index contributed by atoms with van der Waals surface area (Å²) < 4.78 is 18.5. The number of fused-ring (bicyclic) bond motifs is 8. The van der Waals surface area contributed by atoms with E-state index in [1.54, 1.807) is 0 Å². The Labute approximate surface area is 262 Å². The van der Waals surface area contributed by atoms with Crippen molar-refractivity contribution in [3.8, 4) is 6.07 Å². The molecule has 0 radical (unpaired) electrons. The molecule has 1 N–H and O–H groups in total. The number of ether oxygens (including phenoxy) is 3. The van der Waals surface area contributed by atoms with E-state index in [2.05, 4.69) is 40.7 Å². The molecule has 5 aliphatic carbocycles. The van der Waals surface area contributed by atoms with Crippen LogP contribution >= 0.6 is 0 Å². The molecule has 3 saturated carbocycles. The van der Waals surface area contributed by atoms with Crippen LogP contribution in [-0.4, -0.2) is 60.9 Å². The summed E-state index contributed by atoms with van der Waals surface area (Å²) in [4.78, 5) is 28.1. The Hall–Kier alpha value is -1.85. The Balaban J connectivity index is 1.27. The van der Waals surface area contributed by atoms with Crippen LogP contribution < -0.4 is 0 Å². The molecule has 11 atom stereocenters. The van der Waals surface area contributed by atoms with E-state index in [9.17, 15) is 20.0 Å². The molecule has 0 amide bonds. The number of ketones is 2. The van der Waals surface area contributed by atoms with Crippen molar-refractivity contribution in [3.63, 3.8) is 0 Å². The van der Waals surface area contributed by atoms with Crippen LogP contribution in [0.15, 0.2) is 23.3 Å². The van der Waals surface area contributed by atoms with Gasteiger partial charge < -0.3 is 19.3 Å². The van der Waals surface area contributed by atoms with Crippen LogP contribution in [0.2, 0.25) is 0 Å². The lowest BCUT2D eigenvalue weighted by Gasteiger charge is -2.69. The minimum Gasteiger partial charge on any atom is -0.388 e. The number of hydrogen-bond acceptors (Lipinski definition) is 7. The van der Waals surface area contributed by atoms with Crippen molar-refractivity contribution in [2.24, 2.45) is 50.2 Å². The maximum atomic E-state index is 14.7. The third-order valence-electron chi connectivity index (χ3n) is 14.6. The van der Waals surface area contributed by atoms with Crippen LogP contribution in [-0.2, 0) is 23.8 Å². The molecular formula is C37H51NO6. The Morgan fingerprint density at radius 3 is 2.41 bits per heavy atom. The van der Waals surface area contributed by atoms with E-state index < -0.39 is 16.9 Å². The van der Waals surface area contributed by atoms with Gasteiger partial charge in [-0.15, -0.1) is 0 Å². The molecule has 2 heterocycles. The maximum Gasteiger partial charge on any atom is 0.178 e. The summed E-state index contributed by atoms with van der Waals surface area (Å²) in [6.45, 7) is 17.0. The first-order valence-electron chi connectivity index (χ1n) is 17.0. The first-order chi connectivity index (χ1) is 20.5. The fraction of sp³-hybridized carbons (Fsp3) is 0.811. The van der Waals surface area contributed by atoms with Gasteiger partial charge in [0.1, 0.15) is 30.5 Å². The highest BCUT2D eigenvalue weighted by atomic mass is 16.6. The number of Topliss-reactive ketones (excluding diaryl/α,β-unsaturated/α-hetero) is 1. The highest BCUT2D eigenvalue weighted by Crippen LogP contribution is 2.74. The third-order valence-corrected chi connectivity index (χ3v) is 14.6. The number of allylic oxidation sites excluding steroid dienone is 4. The maximum absolute atomic E-state index is 14.7. The van der Waals surface area contributed by atoms with Crippen molar-refractivity contribution in [2.75, 3.05) is 19.8 Å². The summed E-state index contributed by atoms with van der Waals surface area (Å²) in [7, 11) is 0. The fourth-order valence-electron chi connectivity index (χ4n) is 11.9. The lowest BCUT2D eigenvalue weighted by Crippen LogP contribution is -2.65. The number of carbonyl (C=O) groups excluding carboxylic acids is 2. The summed E-state index contributed by atoms with van der Waals surface area (Å²) in [5, 5.41) is 20.2. The van der Waals surface area contributed by atoms with E-state index in [1.807, 2.05) is 26.0 Å². The molecule has 2 saturated heterocycles. The van der Waals surface area contributed by atoms with Crippen molar-refractivity contribution in [2.45, 2.75) is 118 Å². The molecule has 0 aromatic rings. The number of aliphatic hydroxyl groups is 1. The van der Waals surface area contributed by atoms with Crippen LogP contribution in [0.5, 0.6) is 0 Å². The molecule has 5 fully saturated rings.